The van der Waals surface area contributed by atoms with Crippen LogP contribution in [0.1, 0.15) is 219 Å². The zero-order valence-corrected chi connectivity index (χ0v) is 35.1. The highest BCUT2D eigenvalue weighted by molar-refractivity contribution is 8.29. The molecule has 0 bridgehead atoms. The van der Waals surface area contributed by atoms with Crippen LogP contribution in [-0.4, -0.2) is 48.5 Å². The molecule has 0 saturated heterocycles. The summed E-state index contributed by atoms with van der Waals surface area (Å²) in [6.07, 6.45) is 51.1. The quantitative estimate of drug-likeness (QED) is 0.0478. The van der Waals surface area contributed by atoms with Gasteiger partial charge in [0.1, 0.15) is 0 Å². The van der Waals surface area contributed by atoms with Crippen molar-refractivity contribution in [2.45, 2.75) is 219 Å². The van der Waals surface area contributed by atoms with Crippen LogP contribution in [0.4, 0.5) is 0 Å². The van der Waals surface area contributed by atoms with E-state index < -0.39 is 32.6 Å². The van der Waals surface area contributed by atoms with Gasteiger partial charge in [0, 0.05) is 11.5 Å². The van der Waals surface area contributed by atoms with Crippen LogP contribution in [0.25, 0.3) is 0 Å². The van der Waals surface area contributed by atoms with Crippen molar-refractivity contribution >= 4 is 32.6 Å². The van der Waals surface area contributed by atoms with Gasteiger partial charge in [0.25, 0.3) is 0 Å². The maximum atomic E-state index is 12.6. The van der Waals surface area contributed by atoms with E-state index in [1.54, 1.807) is 0 Å². The summed E-state index contributed by atoms with van der Waals surface area (Å²) in [7, 11) is -3.17. The Balaban J connectivity index is 3.73. The highest BCUT2D eigenvalue weighted by Crippen LogP contribution is 2.45. The van der Waals surface area contributed by atoms with E-state index in [1.807, 2.05) is 25.0 Å². The lowest BCUT2D eigenvalue weighted by molar-refractivity contribution is -0.155. The molecule has 0 rings (SSSR count). The molecule has 4 nitrogen and oxygen atoms in total. The zero-order chi connectivity index (χ0) is 35.6. The Morgan fingerprint density at radius 1 is 0.312 bits per heavy atom. The van der Waals surface area contributed by atoms with Crippen LogP contribution in [0.3, 0.4) is 0 Å². The largest absolute Gasteiger partial charge is 0.428 e. The molecule has 0 aliphatic rings. The maximum absolute atomic E-state index is 12.6. The zero-order valence-electron chi connectivity index (χ0n) is 33.5. The standard InChI is InChI=1S/C42H86O4S2/c1-7-9-11-13-15-17-19-21-23-25-27-29-31-33-35-37-39-47(3,4)45-41(43)42(44)46-48(5,6)40-38-36-34-32-30-28-26-24-22-20-18-16-14-12-10-8-2/h7-40H2,1-6H3. The molecule has 0 amide bonds. The number of hydrogen-bond acceptors (Lipinski definition) is 4. The lowest BCUT2D eigenvalue weighted by atomic mass is 10.0. The van der Waals surface area contributed by atoms with Crippen molar-refractivity contribution in [1.82, 2.24) is 0 Å². The fraction of sp³-hybridized carbons (Fsp3) is 0.952. The van der Waals surface area contributed by atoms with Gasteiger partial charge in [0.05, 0.1) is 0 Å². The van der Waals surface area contributed by atoms with Crippen molar-refractivity contribution in [3.8, 4) is 0 Å². The van der Waals surface area contributed by atoms with Crippen molar-refractivity contribution in [3.05, 3.63) is 0 Å². The van der Waals surface area contributed by atoms with Gasteiger partial charge in [-0.3, -0.25) is 0 Å². The first-order valence-corrected chi connectivity index (χ1v) is 26.1. The molecule has 0 N–H and O–H groups in total. The monoisotopic (exact) mass is 719 g/mol. The summed E-state index contributed by atoms with van der Waals surface area (Å²) in [6.45, 7) is 4.57. The third-order valence-corrected chi connectivity index (χ3v) is 13.5. The maximum Gasteiger partial charge on any atom is 0.428 e. The van der Waals surface area contributed by atoms with Gasteiger partial charge in [-0.2, -0.15) is 0 Å². The number of rotatable bonds is 36. The van der Waals surface area contributed by atoms with Gasteiger partial charge in [-0.15, -0.1) is 0 Å². The van der Waals surface area contributed by atoms with E-state index in [1.165, 1.54) is 193 Å². The van der Waals surface area contributed by atoms with Gasteiger partial charge in [0.15, 0.2) is 0 Å². The molecular weight excluding hydrogens is 633 g/mol. The molecule has 0 heterocycles. The van der Waals surface area contributed by atoms with Gasteiger partial charge in [0.2, 0.25) is 0 Å². The summed E-state index contributed by atoms with van der Waals surface area (Å²) in [5.74, 6) is 0.137. The normalized spacial score (nSPS) is 12.7. The topological polar surface area (TPSA) is 52.6 Å². The second-order valence-corrected chi connectivity index (χ2v) is 22.5. The Hall–Kier alpha value is -0.360. The van der Waals surface area contributed by atoms with E-state index in [9.17, 15) is 9.59 Å². The summed E-state index contributed by atoms with van der Waals surface area (Å²) in [5, 5.41) is 0. The van der Waals surface area contributed by atoms with Crippen molar-refractivity contribution in [1.29, 1.82) is 0 Å². The Bertz CT molecular complexity index is 664. The molecule has 0 aromatic rings. The van der Waals surface area contributed by atoms with Gasteiger partial charge in [-0.25, -0.2) is 9.59 Å². The number of hydrogen-bond donors (Lipinski definition) is 0. The Morgan fingerprint density at radius 3 is 0.667 bits per heavy atom. The first-order chi connectivity index (χ1) is 23.1. The smallest absolute Gasteiger partial charge is 0.407 e. The molecule has 0 radical (unpaired) electrons. The summed E-state index contributed by atoms with van der Waals surface area (Å²) in [6, 6.07) is 0. The second kappa shape index (κ2) is 33.8. The third-order valence-electron chi connectivity index (χ3n) is 9.75. The number of carbonyl (C=O) groups is 2. The molecule has 0 aromatic carbocycles. The van der Waals surface area contributed by atoms with Crippen molar-refractivity contribution in [3.63, 3.8) is 0 Å². The minimum Gasteiger partial charge on any atom is -0.407 e. The molecule has 0 atom stereocenters. The summed E-state index contributed by atoms with van der Waals surface area (Å²) in [5.41, 5.74) is 0. The minimum atomic E-state index is -1.59. The highest BCUT2D eigenvalue weighted by Gasteiger charge is 2.28. The Labute approximate surface area is 305 Å². The van der Waals surface area contributed by atoms with Crippen LogP contribution >= 0.6 is 20.6 Å². The van der Waals surface area contributed by atoms with E-state index in [2.05, 4.69) is 13.8 Å². The van der Waals surface area contributed by atoms with E-state index >= 15 is 0 Å². The van der Waals surface area contributed by atoms with E-state index in [-0.39, 0.29) is 0 Å². The lowest BCUT2D eigenvalue weighted by Gasteiger charge is -2.32. The molecule has 0 saturated carbocycles. The van der Waals surface area contributed by atoms with Crippen LogP contribution < -0.4 is 0 Å². The molecule has 0 spiro atoms. The average Bonchev–Trinajstić information content (AvgIpc) is 3.03. The van der Waals surface area contributed by atoms with E-state index in [0.717, 1.165) is 24.3 Å². The Kier molecular flexibility index (Phi) is 33.5. The van der Waals surface area contributed by atoms with Crippen LogP contribution in [0, 0.1) is 0 Å². The van der Waals surface area contributed by atoms with E-state index in [4.69, 9.17) is 8.37 Å². The molecule has 6 heteroatoms. The summed E-state index contributed by atoms with van der Waals surface area (Å²) >= 11 is 0. The fourth-order valence-electron chi connectivity index (χ4n) is 6.56. The minimum absolute atomic E-state index is 0.793. The third kappa shape index (κ3) is 34.1. The van der Waals surface area contributed by atoms with Gasteiger partial charge < -0.3 is 8.37 Å². The lowest BCUT2D eigenvalue weighted by Crippen LogP contribution is -2.24. The van der Waals surface area contributed by atoms with E-state index in [0.29, 0.717) is 0 Å². The predicted molar refractivity (Wildman–Crippen MR) is 220 cm³/mol. The molecular formula is C42H86O4S2. The second-order valence-electron chi connectivity index (χ2n) is 15.6. The van der Waals surface area contributed by atoms with Crippen molar-refractivity contribution in [2.24, 2.45) is 0 Å². The Morgan fingerprint density at radius 2 is 0.479 bits per heavy atom. The van der Waals surface area contributed by atoms with Gasteiger partial charge in [-0.05, 0) is 37.9 Å². The average molecular weight is 719 g/mol. The van der Waals surface area contributed by atoms with Gasteiger partial charge in [-0.1, -0.05) is 227 Å². The van der Waals surface area contributed by atoms with Gasteiger partial charge >= 0.3 is 11.9 Å². The molecule has 0 aliphatic heterocycles. The fourth-order valence-corrected chi connectivity index (χ4v) is 9.48. The number of unbranched alkanes of at least 4 members (excludes halogenated alkanes) is 30. The first kappa shape index (κ1) is 47.6. The van der Waals surface area contributed by atoms with Crippen molar-refractivity contribution < 1.29 is 18.0 Å². The van der Waals surface area contributed by atoms with Crippen LogP contribution in [-0.2, 0) is 18.0 Å². The summed E-state index contributed by atoms with van der Waals surface area (Å²) < 4.78 is 11.4. The molecule has 0 fully saturated rings. The van der Waals surface area contributed by atoms with Crippen LogP contribution in [0.15, 0.2) is 0 Å². The van der Waals surface area contributed by atoms with Crippen molar-refractivity contribution in [2.75, 3.05) is 36.5 Å². The SMILES string of the molecule is CCCCCCCCCCCCCCCCCCS(C)(C)OC(=O)C(=O)OS(C)(C)CCCCCCCCCCCCCCCCCC. The summed E-state index contributed by atoms with van der Waals surface area (Å²) in [4.78, 5) is 25.1. The first-order valence-electron chi connectivity index (χ1n) is 21.0. The molecule has 0 aliphatic carbocycles. The molecule has 0 aromatic heterocycles. The van der Waals surface area contributed by atoms with Crippen LogP contribution in [0.2, 0.25) is 0 Å². The number of carbonyl (C=O) groups excluding carboxylic acids is 2. The molecule has 290 valence electrons. The predicted octanol–water partition coefficient (Wildman–Crippen LogP) is 14.6. The highest BCUT2D eigenvalue weighted by atomic mass is 32.3. The molecule has 0 unspecified atom stereocenters. The molecule has 48 heavy (non-hydrogen) atoms. The van der Waals surface area contributed by atoms with Crippen LogP contribution in [0.5, 0.6) is 0 Å².